The molecular formula is C17H18N4OS3. The quantitative estimate of drug-likeness (QED) is 0.546. The molecule has 3 rings (SSSR count). The maximum Gasteiger partial charge on any atom is 0.230 e. The zero-order chi connectivity index (χ0) is 17.3. The molecule has 2 heterocycles. The Morgan fingerprint density at radius 1 is 1.12 bits per heavy atom. The van der Waals surface area contributed by atoms with Crippen molar-refractivity contribution in [2.75, 3.05) is 17.6 Å². The zero-order valence-corrected chi connectivity index (χ0v) is 15.9. The van der Waals surface area contributed by atoms with Gasteiger partial charge >= 0.3 is 0 Å². The fourth-order valence-electron chi connectivity index (χ4n) is 2.06. The normalized spacial score (nSPS) is 10.6. The lowest BCUT2D eigenvalue weighted by Crippen LogP contribution is -2.24. The summed E-state index contributed by atoms with van der Waals surface area (Å²) in [4.78, 5) is 13.3. The van der Waals surface area contributed by atoms with Gasteiger partial charge in [0.15, 0.2) is 4.34 Å². The molecule has 1 aromatic carbocycles. The fourth-order valence-corrected chi connectivity index (χ4v) is 4.38. The minimum absolute atomic E-state index is 0.00347. The van der Waals surface area contributed by atoms with E-state index in [1.165, 1.54) is 28.0 Å². The minimum Gasteiger partial charge on any atom is -0.360 e. The summed E-state index contributed by atoms with van der Waals surface area (Å²) in [6, 6.07) is 14.1. The predicted molar refractivity (Wildman–Crippen MR) is 105 cm³/mol. The molecular weight excluding hydrogens is 372 g/mol. The molecule has 0 unspecified atom stereocenters. The molecule has 0 saturated heterocycles. The van der Waals surface area contributed by atoms with Gasteiger partial charge in [0.1, 0.15) is 0 Å². The number of nitrogens with one attached hydrogen (secondary N) is 2. The number of benzene rings is 1. The average Bonchev–Trinajstić information content (AvgIpc) is 3.31. The number of aromatic nitrogens is 2. The van der Waals surface area contributed by atoms with Crippen molar-refractivity contribution in [1.29, 1.82) is 0 Å². The molecule has 0 saturated carbocycles. The van der Waals surface area contributed by atoms with E-state index in [9.17, 15) is 4.79 Å². The maximum atomic E-state index is 11.9. The lowest BCUT2D eigenvalue weighted by Gasteiger charge is -2.03. The summed E-state index contributed by atoms with van der Waals surface area (Å²) in [5.74, 6) is 0.340. The van der Waals surface area contributed by atoms with Gasteiger partial charge in [-0.15, -0.1) is 21.5 Å². The van der Waals surface area contributed by atoms with Crippen LogP contribution in [0.4, 0.5) is 5.13 Å². The highest BCUT2D eigenvalue weighted by atomic mass is 32.2. The van der Waals surface area contributed by atoms with Crippen molar-refractivity contribution in [1.82, 2.24) is 15.5 Å². The SMILES string of the molecule is O=C(CSc1nnc(NCCc2cccs2)s1)NCc1ccccc1. The van der Waals surface area contributed by atoms with Crippen LogP contribution in [0, 0.1) is 0 Å². The van der Waals surface area contributed by atoms with Gasteiger partial charge in [-0.05, 0) is 23.4 Å². The molecule has 0 aliphatic heterocycles. The number of thiophene rings is 1. The first-order valence-corrected chi connectivity index (χ1v) is 10.5. The van der Waals surface area contributed by atoms with Crippen molar-refractivity contribution in [2.24, 2.45) is 0 Å². The Morgan fingerprint density at radius 3 is 2.80 bits per heavy atom. The molecule has 8 heteroatoms. The lowest BCUT2D eigenvalue weighted by molar-refractivity contribution is -0.118. The van der Waals surface area contributed by atoms with E-state index in [0.29, 0.717) is 12.3 Å². The van der Waals surface area contributed by atoms with Crippen LogP contribution in [0.3, 0.4) is 0 Å². The van der Waals surface area contributed by atoms with E-state index < -0.39 is 0 Å². The number of hydrogen-bond acceptors (Lipinski definition) is 7. The van der Waals surface area contributed by atoms with Crippen LogP contribution in [0.5, 0.6) is 0 Å². The fraction of sp³-hybridized carbons (Fsp3) is 0.235. The highest BCUT2D eigenvalue weighted by molar-refractivity contribution is 8.01. The van der Waals surface area contributed by atoms with E-state index in [4.69, 9.17) is 0 Å². The highest BCUT2D eigenvalue weighted by Gasteiger charge is 2.08. The third kappa shape index (κ3) is 6.15. The molecule has 0 atom stereocenters. The summed E-state index contributed by atoms with van der Waals surface area (Å²) < 4.78 is 0.800. The van der Waals surface area contributed by atoms with E-state index in [2.05, 4.69) is 38.3 Å². The number of amides is 1. The molecule has 2 aromatic heterocycles. The average molecular weight is 391 g/mol. The van der Waals surface area contributed by atoms with Crippen molar-refractivity contribution in [3.05, 3.63) is 58.3 Å². The van der Waals surface area contributed by atoms with Crippen LogP contribution < -0.4 is 10.6 Å². The Kier molecular flexibility index (Phi) is 6.84. The number of nitrogens with zero attached hydrogens (tertiary/aromatic N) is 2. The Labute approximate surface area is 158 Å². The maximum absolute atomic E-state index is 11.9. The van der Waals surface area contributed by atoms with Gasteiger partial charge in [0.05, 0.1) is 5.75 Å². The highest BCUT2D eigenvalue weighted by Crippen LogP contribution is 2.25. The van der Waals surface area contributed by atoms with Crippen LogP contribution >= 0.6 is 34.4 Å². The van der Waals surface area contributed by atoms with Gasteiger partial charge in [0.25, 0.3) is 0 Å². The number of carbonyl (C=O) groups excluding carboxylic acids is 1. The molecule has 0 fully saturated rings. The first kappa shape index (κ1) is 17.9. The largest absolute Gasteiger partial charge is 0.360 e. The van der Waals surface area contributed by atoms with Gasteiger partial charge in [0, 0.05) is 18.0 Å². The molecule has 0 radical (unpaired) electrons. The number of rotatable bonds is 9. The number of anilines is 1. The molecule has 0 spiro atoms. The first-order chi connectivity index (χ1) is 12.3. The predicted octanol–water partition coefficient (Wildman–Crippen LogP) is 3.66. The molecule has 0 aliphatic carbocycles. The Morgan fingerprint density at radius 2 is 2.00 bits per heavy atom. The van der Waals surface area contributed by atoms with Gasteiger partial charge < -0.3 is 10.6 Å². The molecule has 0 aliphatic rings. The van der Waals surface area contributed by atoms with Gasteiger partial charge in [-0.2, -0.15) is 0 Å². The number of thioether (sulfide) groups is 1. The van der Waals surface area contributed by atoms with E-state index in [1.807, 2.05) is 30.3 Å². The Balaban J connectivity index is 1.35. The summed E-state index contributed by atoms with van der Waals surface area (Å²) >= 11 is 4.65. The summed E-state index contributed by atoms with van der Waals surface area (Å²) in [7, 11) is 0. The zero-order valence-electron chi connectivity index (χ0n) is 13.5. The van der Waals surface area contributed by atoms with Gasteiger partial charge in [0.2, 0.25) is 11.0 Å². The van der Waals surface area contributed by atoms with E-state index in [-0.39, 0.29) is 5.91 Å². The minimum atomic E-state index is -0.00347. The van der Waals surface area contributed by atoms with Crippen molar-refractivity contribution in [2.45, 2.75) is 17.3 Å². The summed E-state index contributed by atoms with van der Waals surface area (Å²) in [5.41, 5.74) is 1.09. The topological polar surface area (TPSA) is 66.9 Å². The third-order valence-electron chi connectivity index (χ3n) is 3.29. The van der Waals surface area contributed by atoms with Crippen molar-refractivity contribution in [3.63, 3.8) is 0 Å². The lowest BCUT2D eigenvalue weighted by atomic mass is 10.2. The molecule has 25 heavy (non-hydrogen) atoms. The van der Waals surface area contributed by atoms with Crippen molar-refractivity contribution >= 4 is 45.5 Å². The second-order valence-electron chi connectivity index (χ2n) is 5.18. The van der Waals surface area contributed by atoms with E-state index in [1.54, 1.807) is 11.3 Å². The van der Waals surface area contributed by atoms with Crippen LogP contribution in [0.1, 0.15) is 10.4 Å². The summed E-state index contributed by atoms with van der Waals surface area (Å²) in [5, 5.41) is 17.3. The van der Waals surface area contributed by atoms with E-state index >= 15 is 0 Å². The van der Waals surface area contributed by atoms with Gasteiger partial charge in [-0.25, -0.2) is 0 Å². The van der Waals surface area contributed by atoms with Gasteiger partial charge in [-0.1, -0.05) is 59.5 Å². The molecule has 130 valence electrons. The Hall–Kier alpha value is -1.90. The van der Waals surface area contributed by atoms with Crippen LogP contribution in [0.2, 0.25) is 0 Å². The van der Waals surface area contributed by atoms with Crippen molar-refractivity contribution in [3.8, 4) is 0 Å². The molecule has 3 aromatic rings. The molecule has 0 bridgehead atoms. The molecule has 2 N–H and O–H groups in total. The van der Waals surface area contributed by atoms with E-state index in [0.717, 1.165) is 28.0 Å². The Bertz CT molecular complexity index is 774. The second-order valence-corrected chi connectivity index (χ2v) is 8.41. The summed E-state index contributed by atoms with van der Waals surface area (Å²) in [6.07, 6.45) is 0.974. The van der Waals surface area contributed by atoms with Crippen LogP contribution in [-0.4, -0.2) is 28.4 Å². The van der Waals surface area contributed by atoms with Gasteiger partial charge in [-0.3, -0.25) is 4.79 Å². The summed E-state index contributed by atoms with van der Waals surface area (Å²) in [6.45, 7) is 1.38. The standard InChI is InChI=1S/C17H18N4OS3/c22-15(19-11-13-5-2-1-3-6-13)12-24-17-21-20-16(25-17)18-9-8-14-7-4-10-23-14/h1-7,10H,8-9,11-12H2,(H,18,20)(H,19,22). The van der Waals surface area contributed by atoms with Crippen LogP contribution in [-0.2, 0) is 17.8 Å². The molecule has 1 amide bonds. The first-order valence-electron chi connectivity index (χ1n) is 7.83. The van der Waals surface area contributed by atoms with Crippen LogP contribution in [0.25, 0.3) is 0 Å². The van der Waals surface area contributed by atoms with Crippen molar-refractivity contribution < 1.29 is 4.79 Å². The monoisotopic (exact) mass is 390 g/mol. The van der Waals surface area contributed by atoms with Crippen LogP contribution in [0.15, 0.2) is 52.2 Å². The second kappa shape index (κ2) is 9.55. The third-order valence-corrected chi connectivity index (χ3v) is 6.24. The number of hydrogen-bond donors (Lipinski definition) is 2. The number of carbonyl (C=O) groups is 1. The molecule has 5 nitrogen and oxygen atoms in total. The smallest absolute Gasteiger partial charge is 0.230 e.